The van der Waals surface area contributed by atoms with Gasteiger partial charge in [0.05, 0.1) is 12.3 Å². The third kappa shape index (κ3) is 7.17. The maximum atomic E-state index is 13.2. The lowest BCUT2D eigenvalue weighted by Crippen LogP contribution is -2.28. The summed E-state index contributed by atoms with van der Waals surface area (Å²) in [6.45, 7) is 2.81. The molecule has 7 heteroatoms. The molecule has 0 spiro atoms. The molecule has 0 saturated heterocycles. The van der Waals surface area contributed by atoms with Gasteiger partial charge in [0.1, 0.15) is 4.21 Å². The molecule has 1 saturated carbocycles. The molecule has 1 heterocycles. The number of rotatable bonds is 10. The molecule has 0 aliphatic heterocycles. The highest BCUT2D eigenvalue weighted by molar-refractivity contribution is 7.94. The summed E-state index contributed by atoms with van der Waals surface area (Å²) in [5.41, 5.74) is 3.25. The number of hydrogen-bond donors (Lipinski definition) is 3. The van der Waals surface area contributed by atoms with Crippen LogP contribution in [0.3, 0.4) is 0 Å². The van der Waals surface area contributed by atoms with E-state index >= 15 is 0 Å². The quantitative estimate of drug-likeness (QED) is 0.269. The molecule has 1 aliphatic carbocycles. The summed E-state index contributed by atoms with van der Waals surface area (Å²) in [7, 11) is -3.71. The molecular weight excluding hydrogens is 476 g/mol. The van der Waals surface area contributed by atoms with E-state index in [0.29, 0.717) is 18.3 Å². The van der Waals surface area contributed by atoms with Crippen molar-refractivity contribution < 1.29 is 13.5 Å². The third-order valence-corrected chi connectivity index (χ3v) is 9.80. The Kier molecular flexibility index (Phi) is 9.00. The summed E-state index contributed by atoms with van der Waals surface area (Å²) in [6, 6.07) is 19.0. The minimum Gasteiger partial charge on any atom is -0.392 e. The molecule has 1 aliphatic rings. The van der Waals surface area contributed by atoms with Crippen molar-refractivity contribution in [3.63, 3.8) is 0 Å². The fraction of sp³-hybridized carbons (Fsp3) is 0.429. The SMILES string of the molecule is C[C@@H](CC1CCCCCC1)NCc1ccccc1NS(=O)(=O)c1ccc(-c2cccc(CO)c2)s1. The Morgan fingerprint density at radius 1 is 1.00 bits per heavy atom. The minimum absolute atomic E-state index is 0.0456. The maximum Gasteiger partial charge on any atom is 0.271 e. The number of anilines is 1. The normalized spacial score (nSPS) is 16.1. The summed E-state index contributed by atoms with van der Waals surface area (Å²) < 4.78 is 29.5. The van der Waals surface area contributed by atoms with E-state index in [2.05, 4.69) is 17.0 Å². The van der Waals surface area contributed by atoms with Crippen LogP contribution in [-0.2, 0) is 23.2 Å². The molecule has 35 heavy (non-hydrogen) atoms. The number of benzene rings is 2. The van der Waals surface area contributed by atoms with Gasteiger partial charge in [0.15, 0.2) is 0 Å². The highest BCUT2D eigenvalue weighted by Gasteiger charge is 2.20. The van der Waals surface area contributed by atoms with Crippen molar-refractivity contribution in [3.05, 3.63) is 71.8 Å². The number of nitrogens with one attached hydrogen (secondary N) is 2. The third-order valence-electron chi connectivity index (χ3n) is 6.80. The van der Waals surface area contributed by atoms with Crippen molar-refractivity contribution >= 4 is 27.0 Å². The molecule has 5 nitrogen and oxygen atoms in total. The van der Waals surface area contributed by atoms with Crippen molar-refractivity contribution in [2.24, 2.45) is 5.92 Å². The zero-order valence-electron chi connectivity index (χ0n) is 20.4. The van der Waals surface area contributed by atoms with Crippen LogP contribution in [0.1, 0.15) is 63.0 Å². The molecule has 1 fully saturated rings. The van der Waals surface area contributed by atoms with Crippen LogP contribution in [0.5, 0.6) is 0 Å². The minimum atomic E-state index is -3.71. The highest BCUT2D eigenvalue weighted by atomic mass is 32.2. The second-order valence-electron chi connectivity index (χ2n) is 9.62. The number of aliphatic hydroxyl groups is 1. The second kappa shape index (κ2) is 12.2. The summed E-state index contributed by atoms with van der Waals surface area (Å²) >= 11 is 1.23. The smallest absolute Gasteiger partial charge is 0.271 e. The number of hydrogen-bond acceptors (Lipinski definition) is 5. The maximum absolute atomic E-state index is 13.2. The number of aliphatic hydroxyl groups excluding tert-OH is 1. The van der Waals surface area contributed by atoms with E-state index < -0.39 is 10.0 Å². The van der Waals surface area contributed by atoms with E-state index in [-0.39, 0.29) is 10.8 Å². The lowest BCUT2D eigenvalue weighted by molar-refractivity contribution is 0.282. The van der Waals surface area contributed by atoms with Gasteiger partial charge in [0.2, 0.25) is 0 Å². The van der Waals surface area contributed by atoms with E-state index in [1.807, 2.05) is 54.6 Å². The largest absolute Gasteiger partial charge is 0.392 e. The van der Waals surface area contributed by atoms with Crippen LogP contribution in [0, 0.1) is 5.92 Å². The van der Waals surface area contributed by atoms with Gasteiger partial charge in [-0.2, -0.15) is 0 Å². The number of sulfonamides is 1. The van der Waals surface area contributed by atoms with Crippen LogP contribution < -0.4 is 10.0 Å². The Morgan fingerprint density at radius 2 is 1.77 bits per heavy atom. The van der Waals surface area contributed by atoms with Gasteiger partial charge in [-0.1, -0.05) is 74.9 Å². The number of thiophene rings is 1. The Bertz CT molecular complexity index is 1200. The molecule has 0 amide bonds. The zero-order chi connectivity index (χ0) is 24.7. The first kappa shape index (κ1) is 25.9. The molecule has 4 rings (SSSR count). The van der Waals surface area contributed by atoms with Crippen LogP contribution in [0.15, 0.2) is 64.9 Å². The van der Waals surface area contributed by atoms with Gasteiger partial charge in [0, 0.05) is 17.5 Å². The zero-order valence-corrected chi connectivity index (χ0v) is 22.0. The van der Waals surface area contributed by atoms with Crippen LogP contribution in [0.4, 0.5) is 5.69 Å². The average molecular weight is 513 g/mol. The Balaban J connectivity index is 1.41. The van der Waals surface area contributed by atoms with Gasteiger partial charge >= 0.3 is 0 Å². The molecule has 0 radical (unpaired) electrons. The average Bonchev–Trinajstić information content (AvgIpc) is 3.24. The molecule has 1 atom stereocenters. The molecule has 1 aromatic heterocycles. The first-order valence-electron chi connectivity index (χ1n) is 12.6. The highest BCUT2D eigenvalue weighted by Crippen LogP contribution is 2.33. The summed E-state index contributed by atoms with van der Waals surface area (Å²) in [5, 5.41) is 13.0. The van der Waals surface area contributed by atoms with Crippen molar-refractivity contribution in [1.82, 2.24) is 5.32 Å². The van der Waals surface area contributed by atoms with E-state index in [1.165, 1.54) is 56.3 Å². The van der Waals surface area contributed by atoms with Crippen molar-refractivity contribution in [3.8, 4) is 10.4 Å². The van der Waals surface area contributed by atoms with E-state index in [9.17, 15) is 13.5 Å². The topological polar surface area (TPSA) is 78.4 Å². The predicted molar refractivity (Wildman–Crippen MR) is 145 cm³/mol. The van der Waals surface area contributed by atoms with Crippen molar-refractivity contribution in [2.75, 3.05) is 4.72 Å². The van der Waals surface area contributed by atoms with Crippen LogP contribution in [-0.4, -0.2) is 19.6 Å². The molecule has 0 bridgehead atoms. The molecule has 188 valence electrons. The summed E-state index contributed by atoms with van der Waals surface area (Å²) in [4.78, 5) is 0.850. The molecule has 3 aromatic rings. The van der Waals surface area contributed by atoms with Gasteiger partial charge in [-0.25, -0.2) is 8.42 Å². The van der Waals surface area contributed by atoms with Gasteiger partial charge in [-0.05, 0) is 60.2 Å². The second-order valence-corrected chi connectivity index (χ2v) is 12.6. The summed E-state index contributed by atoms with van der Waals surface area (Å²) in [5.74, 6) is 0.792. The Hall–Kier alpha value is -2.19. The van der Waals surface area contributed by atoms with Gasteiger partial charge in [-0.3, -0.25) is 4.72 Å². The first-order chi connectivity index (χ1) is 16.9. The fourth-order valence-corrected chi connectivity index (χ4v) is 7.28. The van der Waals surface area contributed by atoms with Gasteiger partial charge in [-0.15, -0.1) is 11.3 Å². The van der Waals surface area contributed by atoms with E-state index in [1.54, 1.807) is 6.07 Å². The van der Waals surface area contributed by atoms with Crippen LogP contribution in [0.2, 0.25) is 0 Å². The predicted octanol–water partition coefficient (Wildman–Crippen LogP) is 6.55. The molecule has 3 N–H and O–H groups in total. The van der Waals surface area contributed by atoms with Gasteiger partial charge < -0.3 is 10.4 Å². The lowest BCUT2D eigenvalue weighted by atomic mass is 9.93. The summed E-state index contributed by atoms with van der Waals surface area (Å²) in [6.07, 6.45) is 9.26. The van der Waals surface area contributed by atoms with Gasteiger partial charge in [0.25, 0.3) is 10.0 Å². The van der Waals surface area contributed by atoms with Crippen LogP contribution >= 0.6 is 11.3 Å². The van der Waals surface area contributed by atoms with E-state index in [0.717, 1.165) is 27.5 Å². The Labute approximate surface area is 213 Å². The van der Waals surface area contributed by atoms with Crippen LogP contribution in [0.25, 0.3) is 10.4 Å². The molecule has 0 unspecified atom stereocenters. The Morgan fingerprint density at radius 3 is 2.54 bits per heavy atom. The monoisotopic (exact) mass is 512 g/mol. The molecular formula is C28H36N2O3S2. The first-order valence-corrected chi connectivity index (χ1v) is 14.9. The van der Waals surface area contributed by atoms with E-state index in [4.69, 9.17) is 0 Å². The number of para-hydroxylation sites is 1. The standard InChI is InChI=1S/C28H36N2O3S2/c1-21(17-22-9-4-2-3-5-10-22)29-19-25-12-6-7-14-26(25)30-35(32,33)28-16-15-27(34-28)24-13-8-11-23(18-24)20-31/h6-8,11-16,18,21-22,29-31H,2-5,9-10,17,19-20H2,1H3/t21-/m0/s1. The van der Waals surface area contributed by atoms with Crippen molar-refractivity contribution in [1.29, 1.82) is 0 Å². The fourth-order valence-electron chi connectivity index (χ4n) is 4.88. The van der Waals surface area contributed by atoms with Crippen molar-refractivity contribution in [2.45, 2.75) is 75.3 Å². The lowest BCUT2D eigenvalue weighted by Gasteiger charge is -2.21. The molecule has 2 aromatic carbocycles.